The van der Waals surface area contributed by atoms with Crippen LogP contribution in [-0.2, 0) is 6.54 Å². The van der Waals surface area contributed by atoms with E-state index in [0.29, 0.717) is 6.04 Å². The molecule has 3 nitrogen and oxygen atoms in total. The molecule has 0 amide bonds. The van der Waals surface area contributed by atoms with Gasteiger partial charge >= 0.3 is 0 Å². The zero-order valence-corrected chi connectivity index (χ0v) is 11.0. The zero-order valence-electron chi connectivity index (χ0n) is 11.0. The van der Waals surface area contributed by atoms with E-state index in [1.807, 2.05) is 6.20 Å². The summed E-state index contributed by atoms with van der Waals surface area (Å²) in [6.07, 6.45) is 6.63. The van der Waals surface area contributed by atoms with Gasteiger partial charge in [-0.1, -0.05) is 20.8 Å². The van der Waals surface area contributed by atoms with Crippen molar-refractivity contribution in [2.75, 3.05) is 6.54 Å². The molecule has 1 aromatic heterocycles. The molecule has 0 saturated heterocycles. The fourth-order valence-electron chi connectivity index (χ4n) is 1.81. The zero-order chi connectivity index (χ0) is 12.0. The molecule has 0 aromatic carbocycles. The summed E-state index contributed by atoms with van der Waals surface area (Å²) in [5.74, 6) is 0.788. The van der Waals surface area contributed by atoms with Crippen molar-refractivity contribution in [2.24, 2.45) is 5.92 Å². The minimum absolute atomic E-state index is 0.406. The maximum Gasteiger partial charge on any atom is 0.0537 e. The first kappa shape index (κ1) is 13.2. The first-order valence-electron chi connectivity index (χ1n) is 6.39. The van der Waals surface area contributed by atoms with Gasteiger partial charge in [-0.3, -0.25) is 4.68 Å². The number of hydrogen-bond acceptors (Lipinski definition) is 2. The molecule has 1 heterocycles. The van der Waals surface area contributed by atoms with Crippen LogP contribution in [-0.4, -0.2) is 16.3 Å². The Morgan fingerprint density at radius 1 is 1.38 bits per heavy atom. The van der Waals surface area contributed by atoms with Gasteiger partial charge in [-0.15, -0.1) is 0 Å². The van der Waals surface area contributed by atoms with Crippen LogP contribution in [0.1, 0.15) is 52.1 Å². The Hall–Kier alpha value is -0.830. The summed E-state index contributed by atoms with van der Waals surface area (Å²) in [5.41, 5.74) is 1.28. The molecule has 0 aliphatic carbocycles. The van der Waals surface area contributed by atoms with Crippen molar-refractivity contribution in [3.63, 3.8) is 0 Å². The molecule has 1 rings (SSSR count). The second-order valence-electron chi connectivity index (χ2n) is 4.85. The van der Waals surface area contributed by atoms with Crippen molar-refractivity contribution in [2.45, 2.75) is 53.1 Å². The minimum atomic E-state index is 0.406. The van der Waals surface area contributed by atoms with Crippen LogP contribution in [0.4, 0.5) is 0 Å². The molecule has 0 saturated carbocycles. The van der Waals surface area contributed by atoms with Crippen molar-refractivity contribution in [1.29, 1.82) is 0 Å². The van der Waals surface area contributed by atoms with Crippen LogP contribution in [0.3, 0.4) is 0 Å². The maximum atomic E-state index is 4.39. The second kappa shape index (κ2) is 6.69. The summed E-state index contributed by atoms with van der Waals surface area (Å²) < 4.78 is 2.06. The molecule has 1 aromatic rings. The third-order valence-electron chi connectivity index (χ3n) is 2.83. The van der Waals surface area contributed by atoms with Gasteiger partial charge in [0, 0.05) is 24.3 Å². The molecular weight excluding hydrogens is 198 g/mol. The molecule has 1 N–H and O–H groups in total. The van der Waals surface area contributed by atoms with E-state index in [1.165, 1.54) is 18.4 Å². The average Bonchev–Trinajstić information content (AvgIpc) is 2.66. The van der Waals surface area contributed by atoms with Gasteiger partial charge in [0.05, 0.1) is 6.20 Å². The number of aryl methyl sites for hydroxylation is 1. The number of hydrogen-bond donors (Lipinski definition) is 1. The smallest absolute Gasteiger partial charge is 0.0537 e. The molecule has 3 heteroatoms. The number of nitrogens with one attached hydrogen (secondary N) is 1. The van der Waals surface area contributed by atoms with E-state index in [-0.39, 0.29) is 0 Å². The fourth-order valence-corrected chi connectivity index (χ4v) is 1.81. The highest BCUT2D eigenvalue weighted by Gasteiger charge is 2.06. The van der Waals surface area contributed by atoms with Crippen LogP contribution in [0.5, 0.6) is 0 Å². The van der Waals surface area contributed by atoms with Gasteiger partial charge in [0.25, 0.3) is 0 Å². The summed E-state index contributed by atoms with van der Waals surface area (Å²) in [5, 5.41) is 7.79. The molecule has 0 aliphatic rings. The monoisotopic (exact) mass is 223 g/mol. The van der Waals surface area contributed by atoms with Gasteiger partial charge in [-0.2, -0.15) is 5.10 Å². The Kier molecular flexibility index (Phi) is 5.53. The molecule has 92 valence electrons. The van der Waals surface area contributed by atoms with E-state index in [2.05, 4.69) is 49.0 Å². The van der Waals surface area contributed by atoms with Crippen LogP contribution in [0.2, 0.25) is 0 Å². The fraction of sp³-hybridized carbons (Fsp3) is 0.769. The molecule has 1 unspecified atom stereocenters. The topological polar surface area (TPSA) is 29.9 Å². The van der Waals surface area contributed by atoms with E-state index in [4.69, 9.17) is 0 Å². The summed E-state index contributed by atoms with van der Waals surface area (Å²) in [6, 6.07) is 0.406. The van der Waals surface area contributed by atoms with Crippen LogP contribution >= 0.6 is 0 Å². The summed E-state index contributed by atoms with van der Waals surface area (Å²) in [6.45, 7) is 10.9. The van der Waals surface area contributed by atoms with Crippen LogP contribution in [0.15, 0.2) is 12.4 Å². The highest BCUT2D eigenvalue weighted by molar-refractivity contribution is 5.08. The predicted molar refractivity (Wildman–Crippen MR) is 68.4 cm³/mol. The third-order valence-corrected chi connectivity index (χ3v) is 2.83. The third kappa shape index (κ3) is 4.35. The Bertz CT molecular complexity index is 291. The maximum absolute atomic E-state index is 4.39. The van der Waals surface area contributed by atoms with E-state index >= 15 is 0 Å². The molecule has 1 atom stereocenters. The van der Waals surface area contributed by atoms with Crippen LogP contribution in [0, 0.1) is 5.92 Å². The van der Waals surface area contributed by atoms with Gasteiger partial charge in [0.1, 0.15) is 0 Å². The Labute approximate surface area is 99.2 Å². The van der Waals surface area contributed by atoms with E-state index in [1.54, 1.807) is 0 Å². The van der Waals surface area contributed by atoms with Crippen molar-refractivity contribution in [3.05, 3.63) is 18.0 Å². The average molecular weight is 223 g/mol. The summed E-state index contributed by atoms with van der Waals surface area (Å²) >= 11 is 0. The second-order valence-corrected chi connectivity index (χ2v) is 4.85. The number of rotatable bonds is 7. The molecule has 0 aliphatic heterocycles. The van der Waals surface area contributed by atoms with Crippen molar-refractivity contribution in [3.8, 4) is 0 Å². The highest BCUT2D eigenvalue weighted by Crippen LogP contribution is 2.11. The van der Waals surface area contributed by atoms with Crippen LogP contribution < -0.4 is 5.32 Å². The van der Waals surface area contributed by atoms with Gasteiger partial charge in [0.2, 0.25) is 0 Å². The normalized spacial score (nSPS) is 13.3. The van der Waals surface area contributed by atoms with Gasteiger partial charge < -0.3 is 5.32 Å². The molecule has 0 bridgehead atoms. The Balaban J connectivity index is 2.39. The number of aromatic nitrogens is 2. The highest BCUT2D eigenvalue weighted by atomic mass is 15.3. The van der Waals surface area contributed by atoms with Crippen molar-refractivity contribution in [1.82, 2.24) is 15.1 Å². The van der Waals surface area contributed by atoms with Crippen molar-refractivity contribution >= 4 is 0 Å². The SMILES string of the molecule is CCNC(C)c1cnn(CCCC(C)C)c1. The van der Waals surface area contributed by atoms with Gasteiger partial charge in [-0.25, -0.2) is 0 Å². The van der Waals surface area contributed by atoms with Crippen molar-refractivity contribution < 1.29 is 0 Å². The molecule has 0 spiro atoms. The largest absolute Gasteiger partial charge is 0.310 e. The standard InChI is InChI=1S/C13H25N3/c1-5-14-12(4)13-9-15-16(10-13)8-6-7-11(2)3/h9-12,14H,5-8H2,1-4H3. The molecule has 0 fully saturated rings. The van der Waals surface area contributed by atoms with E-state index in [0.717, 1.165) is 19.0 Å². The number of nitrogens with zero attached hydrogens (tertiary/aromatic N) is 2. The Morgan fingerprint density at radius 3 is 2.75 bits per heavy atom. The lowest BCUT2D eigenvalue weighted by Gasteiger charge is -2.09. The molecular formula is C13H25N3. The first-order chi connectivity index (χ1) is 7.63. The van der Waals surface area contributed by atoms with Gasteiger partial charge in [-0.05, 0) is 32.2 Å². The molecule has 16 heavy (non-hydrogen) atoms. The molecule has 0 radical (unpaired) electrons. The summed E-state index contributed by atoms with van der Waals surface area (Å²) in [7, 11) is 0. The summed E-state index contributed by atoms with van der Waals surface area (Å²) in [4.78, 5) is 0. The van der Waals surface area contributed by atoms with Gasteiger partial charge in [0.15, 0.2) is 0 Å². The lowest BCUT2D eigenvalue weighted by molar-refractivity contribution is 0.489. The quantitative estimate of drug-likeness (QED) is 0.770. The van der Waals surface area contributed by atoms with E-state index in [9.17, 15) is 0 Å². The predicted octanol–water partition coefficient (Wildman–Crippen LogP) is 2.99. The van der Waals surface area contributed by atoms with E-state index < -0.39 is 0 Å². The lowest BCUT2D eigenvalue weighted by Crippen LogP contribution is -2.17. The lowest BCUT2D eigenvalue weighted by atomic mass is 10.1. The van der Waals surface area contributed by atoms with Crippen LogP contribution in [0.25, 0.3) is 0 Å². The Morgan fingerprint density at radius 2 is 2.12 bits per heavy atom. The first-order valence-corrected chi connectivity index (χ1v) is 6.39. The minimum Gasteiger partial charge on any atom is -0.310 e.